The van der Waals surface area contributed by atoms with Gasteiger partial charge in [0.15, 0.2) is 5.82 Å². The fourth-order valence-corrected chi connectivity index (χ4v) is 3.37. The molecule has 0 atom stereocenters. The van der Waals surface area contributed by atoms with Crippen LogP contribution in [0.1, 0.15) is 34.1 Å². The summed E-state index contributed by atoms with van der Waals surface area (Å²) < 4.78 is 34.8. The minimum atomic E-state index is -2.79. The maximum Gasteiger partial charge on any atom is 0.342 e. The van der Waals surface area contributed by atoms with Gasteiger partial charge in [-0.15, -0.1) is 0 Å². The lowest BCUT2D eigenvalue weighted by molar-refractivity contribution is 0.0386. The second-order valence-electron chi connectivity index (χ2n) is 6.53. The number of para-hydroxylation sites is 3. The molecule has 0 radical (unpaired) electrons. The number of esters is 1. The van der Waals surface area contributed by atoms with Gasteiger partial charge in [-0.3, -0.25) is 4.57 Å². The normalized spacial score (nSPS) is 11.3. The van der Waals surface area contributed by atoms with Crippen LogP contribution in [0, 0.1) is 13.8 Å². The molecule has 2 heterocycles. The number of alkyl halides is 2. The van der Waals surface area contributed by atoms with Gasteiger partial charge in [0.1, 0.15) is 12.2 Å². The van der Waals surface area contributed by atoms with E-state index >= 15 is 0 Å². The Hall–Kier alpha value is -3.55. The summed E-state index contributed by atoms with van der Waals surface area (Å²) in [5.41, 5.74) is 2.95. The number of carbonyl (C=O) groups is 1. The van der Waals surface area contributed by atoms with Crippen molar-refractivity contribution in [2.45, 2.75) is 27.0 Å². The largest absolute Gasteiger partial charge is 0.454 e. The van der Waals surface area contributed by atoms with Crippen LogP contribution < -0.4 is 0 Å². The van der Waals surface area contributed by atoms with Crippen LogP contribution in [0.25, 0.3) is 16.7 Å². The Labute approximate surface area is 165 Å². The van der Waals surface area contributed by atoms with E-state index in [9.17, 15) is 13.6 Å². The molecule has 0 bridgehead atoms. The maximum absolute atomic E-state index is 13.5. The number of carbonyl (C=O) groups excluding carboxylic acids is 1. The van der Waals surface area contributed by atoms with Gasteiger partial charge < -0.3 is 4.74 Å². The fraction of sp³-hybridized carbons (Fsp3) is 0.190. The third-order valence-corrected chi connectivity index (χ3v) is 4.69. The van der Waals surface area contributed by atoms with Crippen molar-refractivity contribution >= 4 is 17.0 Å². The number of hydrogen-bond acceptors (Lipinski definition) is 4. The van der Waals surface area contributed by atoms with Gasteiger partial charge in [-0.1, -0.05) is 30.3 Å². The molecule has 0 aliphatic carbocycles. The summed E-state index contributed by atoms with van der Waals surface area (Å²) >= 11 is 0. The molecule has 2 aromatic heterocycles. The lowest BCUT2D eigenvalue weighted by atomic mass is 10.2. The number of aromatic nitrogens is 4. The number of ether oxygens (including phenoxy) is 1. The Bertz CT molecular complexity index is 1180. The molecule has 0 aliphatic rings. The number of hydrogen-bond donors (Lipinski definition) is 0. The molecule has 29 heavy (non-hydrogen) atoms. The van der Waals surface area contributed by atoms with Crippen LogP contribution in [0.15, 0.2) is 54.6 Å². The molecule has 0 fully saturated rings. The van der Waals surface area contributed by atoms with Gasteiger partial charge in [-0.25, -0.2) is 14.5 Å². The molecule has 4 rings (SSSR count). The maximum atomic E-state index is 13.5. The number of imidazole rings is 1. The van der Waals surface area contributed by atoms with Crippen LogP contribution in [0.4, 0.5) is 8.78 Å². The van der Waals surface area contributed by atoms with Crippen LogP contribution in [0.2, 0.25) is 0 Å². The van der Waals surface area contributed by atoms with Crippen molar-refractivity contribution in [3.05, 3.63) is 77.4 Å². The molecule has 4 aromatic rings. The second kappa shape index (κ2) is 7.46. The minimum Gasteiger partial charge on any atom is -0.454 e. The number of halogens is 2. The van der Waals surface area contributed by atoms with E-state index in [-0.39, 0.29) is 17.9 Å². The summed E-state index contributed by atoms with van der Waals surface area (Å²) in [6.45, 7) is 0.309. The van der Waals surface area contributed by atoms with Crippen LogP contribution in [-0.2, 0) is 11.3 Å². The number of benzene rings is 2. The Kier molecular flexibility index (Phi) is 4.84. The molecule has 8 heteroatoms. The molecule has 6 nitrogen and oxygen atoms in total. The van der Waals surface area contributed by atoms with E-state index in [1.165, 1.54) is 0 Å². The summed E-state index contributed by atoms with van der Waals surface area (Å²) in [7, 11) is 0. The molecule has 2 aromatic carbocycles. The highest BCUT2D eigenvalue weighted by atomic mass is 19.3. The Morgan fingerprint density at radius 3 is 2.48 bits per heavy atom. The summed E-state index contributed by atoms with van der Waals surface area (Å²) in [5.74, 6) is -0.643. The highest BCUT2D eigenvalue weighted by Crippen LogP contribution is 2.24. The quantitative estimate of drug-likeness (QED) is 0.463. The summed E-state index contributed by atoms with van der Waals surface area (Å²) in [6, 6.07) is 15.9. The van der Waals surface area contributed by atoms with Gasteiger partial charge in [0.25, 0.3) is 0 Å². The SMILES string of the molecule is Cc1nn(-c2ccccc2)c(C)c1C(=O)OCc1nc2ccccc2n1C(F)F. The molecule has 0 saturated carbocycles. The lowest BCUT2D eigenvalue weighted by Gasteiger charge is -2.09. The lowest BCUT2D eigenvalue weighted by Crippen LogP contribution is -2.12. The highest BCUT2D eigenvalue weighted by Gasteiger charge is 2.23. The molecule has 0 spiro atoms. The monoisotopic (exact) mass is 396 g/mol. The average Bonchev–Trinajstić information content (AvgIpc) is 3.23. The number of nitrogens with zero attached hydrogens (tertiary/aromatic N) is 4. The molecule has 0 aliphatic heterocycles. The van der Waals surface area contributed by atoms with Crippen molar-refractivity contribution in [1.82, 2.24) is 19.3 Å². The first-order valence-corrected chi connectivity index (χ1v) is 9.00. The van der Waals surface area contributed by atoms with Gasteiger partial charge in [-0.2, -0.15) is 13.9 Å². The van der Waals surface area contributed by atoms with Crippen LogP contribution >= 0.6 is 0 Å². The Balaban J connectivity index is 1.61. The molecule has 0 N–H and O–H groups in total. The van der Waals surface area contributed by atoms with Crippen LogP contribution in [0.5, 0.6) is 0 Å². The van der Waals surface area contributed by atoms with Gasteiger partial charge in [0, 0.05) is 0 Å². The minimum absolute atomic E-state index is 0.0136. The highest BCUT2D eigenvalue weighted by molar-refractivity contribution is 5.92. The smallest absolute Gasteiger partial charge is 0.342 e. The predicted octanol–water partition coefficient (Wildman–Crippen LogP) is 4.59. The molecule has 0 unspecified atom stereocenters. The Morgan fingerprint density at radius 2 is 1.76 bits per heavy atom. The number of rotatable bonds is 5. The third kappa shape index (κ3) is 3.37. The van der Waals surface area contributed by atoms with E-state index in [0.29, 0.717) is 22.5 Å². The molecule has 0 amide bonds. The first-order chi connectivity index (χ1) is 14.0. The number of fused-ring (bicyclic) bond motifs is 1. The average molecular weight is 396 g/mol. The van der Waals surface area contributed by atoms with Crippen molar-refractivity contribution in [1.29, 1.82) is 0 Å². The zero-order valence-corrected chi connectivity index (χ0v) is 15.8. The van der Waals surface area contributed by atoms with Crippen molar-refractivity contribution in [2.75, 3.05) is 0 Å². The van der Waals surface area contributed by atoms with E-state index in [4.69, 9.17) is 4.74 Å². The molecular weight excluding hydrogens is 378 g/mol. The predicted molar refractivity (Wildman–Crippen MR) is 103 cm³/mol. The third-order valence-electron chi connectivity index (χ3n) is 4.69. The van der Waals surface area contributed by atoms with Crippen LogP contribution in [-0.4, -0.2) is 25.3 Å². The molecule has 148 valence electrons. The standard InChI is InChI=1S/C21H18F2N4O2/c1-13-19(14(2)27(25-13)15-8-4-3-5-9-15)20(28)29-12-18-24-16-10-6-7-11-17(16)26(18)21(22)23/h3-11,21H,12H2,1-2H3. The van der Waals surface area contributed by atoms with Crippen molar-refractivity contribution in [2.24, 2.45) is 0 Å². The van der Waals surface area contributed by atoms with E-state index in [1.807, 2.05) is 30.3 Å². The number of aryl methyl sites for hydroxylation is 1. The Morgan fingerprint density at radius 1 is 1.07 bits per heavy atom. The fourth-order valence-electron chi connectivity index (χ4n) is 3.37. The van der Waals surface area contributed by atoms with Gasteiger partial charge in [0.05, 0.1) is 28.1 Å². The summed E-state index contributed by atoms with van der Waals surface area (Å²) in [5, 5.41) is 4.41. The van der Waals surface area contributed by atoms with Crippen LogP contribution in [0.3, 0.4) is 0 Å². The molecular formula is C21H18F2N4O2. The van der Waals surface area contributed by atoms with Crippen molar-refractivity contribution in [3.63, 3.8) is 0 Å². The van der Waals surface area contributed by atoms with Gasteiger partial charge in [-0.05, 0) is 38.1 Å². The summed E-state index contributed by atoms with van der Waals surface area (Å²) in [6.07, 6.45) is 0. The van der Waals surface area contributed by atoms with E-state index in [1.54, 1.807) is 42.8 Å². The zero-order valence-electron chi connectivity index (χ0n) is 15.8. The van der Waals surface area contributed by atoms with E-state index in [2.05, 4.69) is 10.1 Å². The van der Waals surface area contributed by atoms with Gasteiger partial charge in [0.2, 0.25) is 0 Å². The van der Waals surface area contributed by atoms with E-state index < -0.39 is 12.5 Å². The van der Waals surface area contributed by atoms with Crippen molar-refractivity contribution in [3.8, 4) is 5.69 Å². The first kappa shape index (κ1) is 18.8. The molecule has 0 saturated heterocycles. The topological polar surface area (TPSA) is 61.9 Å². The van der Waals surface area contributed by atoms with E-state index in [0.717, 1.165) is 10.3 Å². The zero-order chi connectivity index (χ0) is 20.5. The van der Waals surface area contributed by atoms with Crippen molar-refractivity contribution < 1.29 is 18.3 Å². The summed E-state index contributed by atoms with van der Waals surface area (Å²) in [4.78, 5) is 16.9. The van der Waals surface area contributed by atoms with Gasteiger partial charge >= 0.3 is 12.5 Å². The first-order valence-electron chi connectivity index (χ1n) is 9.00. The second-order valence-corrected chi connectivity index (χ2v) is 6.53.